The van der Waals surface area contributed by atoms with Crippen molar-refractivity contribution in [2.24, 2.45) is 0 Å². The second kappa shape index (κ2) is 7.39. The molecule has 156 valence electrons. The lowest BCUT2D eigenvalue weighted by Crippen LogP contribution is -2.42. The molecule has 2 atom stereocenters. The summed E-state index contributed by atoms with van der Waals surface area (Å²) in [5.74, 6) is -0.0394. The number of amides is 1. The van der Waals surface area contributed by atoms with E-state index in [0.717, 1.165) is 12.8 Å². The largest absolute Gasteiger partial charge is 0.444 e. The first-order valence-electron chi connectivity index (χ1n) is 9.34. The van der Waals surface area contributed by atoms with Crippen LogP contribution < -0.4 is 4.90 Å². The van der Waals surface area contributed by atoms with Gasteiger partial charge < -0.3 is 14.5 Å². The van der Waals surface area contributed by atoms with E-state index in [1.807, 2.05) is 20.8 Å². The molecule has 29 heavy (non-hydrogen) atoms. The molecule has 2 aromatic rings. The molecule has 1 aromatic carbocycles. The zero-order valence-corrected chi connectivity index (χ0v) is 19.3. The maximum absolute atomic E-state index is 14.7. The Morgan fingerprint density at radius 2 is 1.93 bits per heavy atom. The number of likely N-dealkylation sites (tertiary alicyclic amines) is 1. The van der Waals surface area contributed by atoms with Crippen LogP contribution in [0.1, 0.15) is 33.6 Å². The van der Waals surface area contributed by atoms with E-state index in [1.54, 1.807) is 11.0 Å². The van der Waals surface area contributed by atoms with Crippen molar-refractivity contribution in [3.05, 3.63) is 26.7 Å². The maximum atomic E-state index is 14.7. The molecule has 0 N–H and O–H groups in total. The standard InChI is InChI=1S/C19H20BrCl2FN4O2/c1-19(2,3)29-18(28)27-7-5-11-12(27)4-6-26(11)16-9-8-10(21)13(20)14(23)15(9)24-17(22)25-16/h8,11-12H,4-7H2,1-3H3. The van der Waals surface area contributed by atoms with Gasteiger partial charge in [0.1, 0.15) is 16.9 Å². The van der Waals surface area contributed by atoms with Crippen molar-refractivity contribution in [2.75, 3.05) is 18.0 Å². The van der Waals surface area contributed by atoms with Gasteiger partial charge in [-0.1, -0.05) is 11.6 Å². The lowest BCUT2D eigenvalue weighted by molar-refractivity contribution is 0.0228. The fourth-order valence-corrected chi connectivity index (χ4v) is 4.80. The lowest BCUT2D eigenvalue weighted by Gasteiger charge is -2.29. The van der Waals surface area contributed by atoms with Crippen LogP contribution in [0.25, 0.3) is 10.9 Å². The molecule has 0 spiro atoms. The number of hydrogen-bond donors (Lipinski definition) is 0. The summed E-state index contributed by atoms with van der Waals surface area (Å²) in [5.41, 5.74) is -0.437. The Bertz CT molecular complexity index is 1000. The molecule has 2 unspecified atom stereocenters. The summed E-state index contributed by atoms with van der Waals surface area (Å²) in [5, 5.41) is 0.697. The van der Waals surface area contributed by atoms with E-state index in [9.17, 15) is 9.18 Å². The number of carbonyl (C=O) groups excluding carboxylic acids is 1. The van der Waals surface area contributed by atoms with E-state index in [2.05, 4.69) is 30.8 Å². The number of benzene rings is 1. The Labute approximate surface area is 186 Å². The molecule has 0 aliphatic carbocycles. The third kappa shape index (κ3) is 3.75. The van der Waals surface area contributed by atoms with Gasteiger partial charge in [-0.25, -0.2) is 14.2 Å². The molecule has 0 radical (unpaired) electrons. The fraction of sp³-hybridized carbons (Fsp3) is 0.526. The normalized spacial score (nSPS) is 21.8. The molecule has 2 saturated heterocycles. The van der Waals surface area contributed by atoms with Crippen LogP contribution in [-0.4, -0.2) is 51.7 Å². The summed E-state index contributed by atoms with van der Waals surface area (Å²) in [6.07, 6.45) is 1.22. The molecule has 2 aliphatic heterocycles. The van der Waals surface area contributed by atoms with Crippen molar-refractivity contribution in [3.63, 3.8) is 0 Å². The molecule has 2 fully saturated rings. The zero-order chi connectivity index (χ0) is 21.1. The summed E-state index contributed by atoms with van der Waals surface area (Å²) >= 11 is 15.4. The number of anilines is 1. The second-order valence-corrected chi connectivity index (χ2v) is 9.82. The van der Waals surface area contributed by atoms with Crippen LogP contribution in [-0.2, 0) is 4.74 Å². The number of rotatable bonds is 1. The molecule has 10 heteroatoms. The highest BCUT2D eigenvalue weighted by molar-refractivity contribution is 9.10. The van der Waals surface area contributed by atoms with Gasteiger partial charge >= 0.3 is 6.09 Å². The monoisotopic (exact) mass is 504 g/mol. The van der Waals surface area contributed by atoms with Crippen molar-refractivity contribution in [1.29, 1.82) is 0 Å². The van der Waals surface area contributed by atoms with Crippen LogP contribution in [0.15, 0.2) is 10.5 Å². The Morgan fingerprint density at radius 1 is 1.24 bits per heavy atom. The van der Waals surface area contributed by atoms with Gasteiger partial charge in [0.05, 0.1) is 21.6 Å². The van der Waals surface area contributed by atoms with Crippen molar-refractivity contribution >= 4 is 61.9 Å². The maximum Gasteiger partial charge on any atom is 0.410 e. The average Bonchev–Trinajstić information content (AvgIpc) is 3.20. The van der Waals surface area contributed by atoms with E-state index in [-0.39, 0.29) is 38.5 Å². The Hall–Kier alpha value is -1.38. The van der Waals surface area contributed by atoms with Crippen molar-refractivity contribution in [1.82, 2.24) is 14.9 Å². The minimum absolute atomic E-state index is 0.00408. The summed E-state index contributed by atoms with van der Waals surface area (Å²) in [6, 6.07) is 1.69. The Balaban J connectivity index is 1.69. The van der Waals surface area contributed by atoms with E-state index in [1.165, 1.54) is 0 Å². The first-order valence-corrected chi connectivity index (χ1v) is 10.9. The second-order valence-electron chi connectivity index (χ2n) is 8.28. The van der Waals surface area contributed by atoms with Crippen LogP contribution in [0.4, 0.5) is 15.0 Å². The fourth-order valence-electron chi connectivity index (χ4n) is 4.15. The third-order valence-electron chi connectivity index (χ3n) is 5.26. The molecule has 1 aromatic heterocycles. The minimum atomic E-state index is -0.574. The summed E-state index contributed by atoms with van der Waals surface area (Å²) in [7, 11) is 0. The Morgan fingerprint density at radius 3 is 2.62 bits per heavy atom. The number of fused-ring (bicyclic) bond motifs is 2. The molecule has 6 nitrogen and oxygen atoms in total. The zero-order valence-electron chi connectivity index (χ0n) is 16.2. The lowest BCUT2D eigenvalue weighted by atomic mass is 10.1. The first-order chi connectivity index (χ1) is 13.6. The summed E-state index contributed by atoms with van der Waals surface area (Å²) in [4.78, 5) is 24.9. The van der Waals surface area contributed by atoms with Crippen LogP contribution in [0.2, 0.25) is 10.3 Å². The number of carbonyl (C=O) groups is 1. The van der Waals surface area contributed by atoms with Gasteiger partial charge in [0.15, 0.2) is 5.82 Å². The molecular weight excluding hydrogens is 486 g/mol. The van der Waals surface area contributed by atoms with Gasteiger partial charge in [-0.3, -0.25) is 0 Å². The molecule has 0 bridgehead atoms. The molecule has 2 aliphatic rings. The van der Waals surface area contributed by atoms with Gasteiger partial charge in [0, 0.05) is 18.5 Å². The van der Waals surface area contributed by atoms with E-state index in [0.29, 0.717) is 24.3 Å². The number of ether oxygens (including phenoxy) is 1. The Kier molecular flexibility index (Phi) is 5.32. The number of aromatic nitrogens is 2. The van der Waals surface area contributed by atoms with E-state index >= 15 is 0 Å². The van der Waals surface area contributed by atoms with Gasteiger partial charge in [-0.2, -0.15) is 4.98 Å². The van der Waals surface area contributed by atoms with Crippen molar-refractivity contribution in [3.8, 4) is 0 Å². The number of nitrogens with zero attached hydrogens (tertiary/aromatic N) is 4. The first kappa shape index (κ1) is 20.9. The van der Waals surface area contributed by atoms with Gasteiger partial charge in [0.2, 0.25) is 5.28 Å². The summed E-state index contributed by atoms with van der Waals surface area (Å²) < 4.78 is 20.4. The highest BCUT2D eigenvalue weighted by Gasteiger charge is 2.46. The van der Waals surface area contributed by atoms with Gasteiger partial charge in [0.25, 0.3) is 0 Å². The number of hydrogen-bond acceptors (Lipinski definition) is 5. The molecular formula is C19H20BrCl2FN4O2. The van der Waals surface area contributed by atoms with Crippen molar-refractivity contribution < 1.29 is 13.9 Å². The predicted molar refractivity (Wildman–Crippen MR) is 114 cm³/mol. The van der Waals surface area contributed by atoms with Crippen molar-refractivity contribution in [2.45, 2.75) is 51.3 Å². The quantitative estimate of drug-likeness (QED) is 0.382. The van der Waals surface area contributed by atoms with Crippen LogP contribution in [0.3, 0.4) is 0 Å². The number of halogens is 4. The highest BCUT2D eigenvalue weighted by atomic mass is 79.9. The summed E-state index contributed by atoms with van der Waals surface area (Å²) in [6.45, 7) is 6.81. The molecule has 3 heterocycles. The van der Waals surface area contributed by atoms with Crippen LogP contribution in [0.5, 0.6) is 0 Å². The van der Waals surface area contributed by atoms with E-state index < -0.39 is 11.4 Å². The molecule has 4 rings (SSSR count). The third-order valence-corrected chi connectivity index (χ3v) is 6.73. The van der Waals surface area contributed by atoms with Gasteiger partial charge in [-0.15, -0.1) is 0 Å². The van der Waals surface area contributed by atoms with Crippen LogP contribution >= 0.6 is 39.1 Å². The SMILES string of the molecule is CC(C)(C)OC(=O)N1CCC2C1CCN2c1nc(Cl)nc2c(F)c(Br)c(Cl)cc12. The smallest absolute Gasteiger partial charge is 0.410 e. The molecule has 0 saturated carbocycles. The molecule has 1 amide bonds. The highest BCUT2D eigenvalue weighted by Crippen LogP contribution is 2.40. The van der Waals surface area contributed by atoms with Crippen LogP contribution in [0, 0.1) is 5.82 Å². The average molecular weight is 506 g/mol. The van der Waals surface area contributed by atoms with Gasteiger partial charge in [-0.05, 0) is 67.2 Å². The van der Waals surface area contributed by atoms with E-state index in [4.69, 9.17) is 27.9 Å². The topological polar surface area (TPSA) is 58.6 Å². The minimum Gasteiger partial charge on any atom is -0.444 e. The predicted octanol–water partition coefficient (Wildman–Crippen LogP) is 5.43.